The maximum Gasteiger partial charge on any atom is 0.293 e. The zero-order valence-electron chi connectivity index (χ0n) is 45.3. The SMILES string of the molecule is CCCF.NC(N)=NCCC[C@H]1NC(=O)CCC(=O)[C@@H](COC=O)NC(=O)[C@H](Cc2ccc(O)cc2)NC(=O)[C@@H](CCCCNC(=O)CCCC(=O)Nc2ccc(C3=NN=C(c4ccccn4)[C@@H]4CCCCCC[C@@H]34)nc2)NC1=O. The minimum atomic E-state index is -1.37. The number of nitrogens with two attached hydrogens (primary N) is 2. The van der Waals surface area contributed by atoms with Crippen LogP contribution in [-0.4, -0.2) is 131 Å². The molecule has 1 aromatic carbocycles. The van der Waals surface area contributed by atoms with E-state index in [1.807, 2.05) is 24.3 Å². The van der Waals surface area contributed by atoms with Crippen molar-refractivity contribution in [2.45, 2.75) is 147 Å². The number of aromatic nitrogens is 2. The normalized spacial score (nSPS) is 20.9. The van der Waals surface area contributed by atoms with Crippen molar-refractivity contribution < 1.29 is 52.6 Å². The van der Waals surface area contributed by atoms with E-state index in [-0.39, 0.29) is 119 Å². The number of nitrogens with zero attached hydrogens (tertiary/aromatic N) is 5. The Labute approximate surface area is 465 Å². The van der Waals surface area contributed by atoms with Gasteiger partial charge in [0.1, 0.15) is 36.5 Å². The highest BCUT2D eigenvalue weighted by Crippen LogP contribution is 2.36. The zero-order valence-corrected chi connectivity index (χ0v) is 45.3. The lowest BCUT2D eigenvalue weighted by Gasteiger charge is -2.33. The Kier molecular flexibility index (Phi) is 26.6. The summed E-state index contributed by atoms with van der Waals surface area (Å²) in [4.78, 5) is 118. The van der Waals surface area contributed by atoms with Crippen LogP contribution in [0.25, 0.3) is 0 Å². The maximum absolute atomic E-state index is 14.1. The van der Waals surface area contributed by atoms with E-state index >= 15 is 0 Å². The number of unbranched alkanes of at least 4 members (excludes halogenated alkanes) is 1. The van der Waals surface area contributed by atoms with E-state index in [2.05, 4.69) is 57.1 Å². The van der Waals surface area contributed by atoms with Gasteiger partial charge in [-0.05, 0) is 99.7 Å². The van der Waals surface area contributed by atoms with Crippen LogP contribution in [0, 0.1) is 11.8 Å². The Hall–Kier alpha value is -8.18. The molecule has 6 atom stereocenters. The van der Waals surface area contributed by atoms with Crippen LogP contribution in [0.3, 0.4) is 0 Å². The number of carbonyl (C=O) groups excluding carboxylic acids is 8. The highest BCUT2D eigenvalue weighted by molar-refractivity contribution is 6.10. The van der Waals surface area contributed by atoms with Crippen molar-refractivity contribution in [2.75, 3.05) is 31.7 Å². The van der Waals surface area contributed by atoms with Crippen molar-refractivity contribution in [3.8, 4) is 5.75 Å². The molecule has 1 saturated heterocycles. The molecule has 24 heteroatoms. The van der Waals surface area contributed by atoms with Gasteiger partial charge < -0.3 is 53.2 Å². The summed E-state index contributed by atoms with van der Waals surface area (Å²) in [5, 5.41) is 35.5. The number of aromatic hydroxyl groups is 1. The predicted octanol–water partition coefficient (Wildman–Crippen LogP) is 3.51. The summed E-state index contributed by atoms with van der Waals surface area (Å²) in [7, 11) is 0. The lowest BCUT2D eigenvalue weighted by molar-refractivity contribution is -0.136. The van der Waals surface area contributed by atoms with Gasteiger partial charge in [-0.15, -0.1) is 0 Å². The van der Waals surface area contributed by atoms with Gasteiger partial charge in [0.15, 0.2) is 11.7 Å². The van der Waals surface area contributed by atoms with Crippen LogP contribution in [-0.2, 0) is 49.5 Å². The van der Waals surface area contributed by atoms with Gasteiger partial charge in [0, 0.05) is 63.2 Å². The summed E-state index contributed by atoms with van der Waals surface area (Å²) in [6.45, 7) is 1.52. The van der Waals surface area contributed by atoms with Crippen LogP contribution >= 0.6 is 0 Å². The van der Waals surface area contributed by atoms with Crippen LogP contribution in [0.15, 0.2) is 82.2 Å². The number of hydrogen-bond acceptors (Lipinski definition) is 15. The third-order valence-electron chi connectivity index (χ3n) is 13.6. The highest BCUT2D eigenvalue weighted by Gasteiger charge is 2.37. The molecule has 11 N–H and O–H groups in total. The summed E-state index contributed by atoms with van der Waals surface area (Å²) in [6.07, 6.45) is 11.1. The number of halogens is 1. The molecule has 6 rings (SSSR count). The standard InChI is InChI=1S/C53H69N13O10.C3H7F/c54-53(55)58-28-10-15-40-50(73)62-41(51(74)63-42(29-33-18-21-35(68)22-19-33)52(75)64-43(31-76-32-67)44(69)24-25-47(72)61-40)14-6-8-27-57-45(70)16-9-17-46(71)60-34-20-23-39(59-30-34)49-37-12-4-2-1-3-11-36(37)48(65-66-49)38-13-5-7-26-56-38;1-2-3-4/h5,7,13,18-23,26,30,32,36-37,40-43,68H,1-4,6,8-12,14-17,24-25,27-29,31H2,(H,57,70)(H,60,71)(H,61,72)(H,62,73)(H,63,74)(H,64,75)(H4,54,55,58);2-3H2,1H3/t36-,37-,40-,41-,42+,43-;/m1./s1. The topological polar surface area (TPSA) is 353 Å². The number of phenols is 1. The first-order chi connectivity index (χ1) is 38.7. The van der Waals surface area contributed by atoms with E-state index < -0.39 is 60.2 Å². The molecule has 2 fully saturated rings. The molecule has 6 amide bonds. The number of alkyl halides is 1. The summed E-state index contributed by atoms with van der Waals surface area (Å²) in [6, 6.07) is 10.2. The first-order valence-corrected chi connectivity index (χ1v) is 27.5. The van der Waals surface area contributed by atoms with Gasteiger partial charge in [0.05, 0.1) is 41.4 Å². The molecular formula is C56H76FN13O10. The summed E-state index contributed by atoms with van der Waals surface area (Å²) in [5.74, 6) is -4.04. The largest absolute Gasteiger partial charge is 0.508 e. The number of benzene rings is 1. The van der Waals surface area contributed by atoms with Gasteiger partial charge in [-0.1, -0.05) is 50.8 Å². The fourth-order valence-electron chi connectivity index (χ4n) is 9.40. The monoisotopic (exact) mass is 1110 g/mol. The van der Waals surface area contributed by atoms with Gasteiger partial charge >= 0.3 is 0 Å². The van der Waals surface area contributed by atoms with Crippen molar-refractivity contribution in [3.05, 3.63) is 83.9 Å². The molecule has 4 heterocycles. The quantitative estimate of drug-likeness (QED) is 0.0301. The molecule has 0 unspecified atom stereocenters. The molecule has 0 bridgehead atoms. The van der Waals surface area contributed by atoms with Crippen molar-refractivity contribution in [3.63, 3.8) is 0 Å². The van der Waals surface area contributed by atoms with E-state index in [4.69, 9.17) is 16.2 Å². The number of Topliss-reactive ketones (excluding diaryl/α,β-unsaturated/α-hetero) is 1. The van der Waals surface area contributed by atoms with E-state index in [1.165, 1.54) is 25.0 Å². The number of anilines is 1. The number of hydrogen-bond donors (Lipinski definition) is 9. The third-order valence-corrected chi connectivity index (χ3v) is 13.6. The van der Waals surface area contributed by atoms with Crippen LogP contribution in [0.2, 0.25) is 0 Å². The number of rotatable bonds is 22. The molecule has 432 valence electrons. The van der Waals surface area contributed by atoms with E-state index in [0.717, 1.165) is 42.8 Å². The van der Waals surface area contributed by atoms with Crippen molar-refractivity contribution >= 4 is 70.8 Å². The average Bonchev–Trinajstić information content (AvgIpc) is 3.44. The second-order valence-electron chi connectivity index (χ2n) is 19.8. The predicted molar refractivity (Wildman–Crippen MR) is 298 cm³/mol. The minimum absolute atomic E-state index is 0.0362. The number of guanidine groups is 1. The second kappa shape index (κ2) is 34.0. The Morgan fingerprint density at radius 1 is 0.750 bits per heavy atom. The van der Waals surface area contributed by atoms with E-state index in [9.17, 15) is 47.9 Å². The van der Waals surface area contributed by atoms with Crippen molar-refractivity contribution in [2.24, 2.45) is 38.5 Å². The van der Waals surface area contributed by atoms with Gasteiger partial charge in [-0.3, -0.25) is 57.7 Å². The Bertz CT molecular complexity index is 2620. The summed E-state index contributed by atoms with van der Waals surface area (Å²) in [5.41, 5.74) is 15.3. The molecule has 1 saturated carbocycles. The number of ether oxygens (including phenoxy) is 1. The fourth-order valence-corrected chi connectivity index (χ4v) is 9.40. The van der Waals surface area contributed by atoms with Crippen LogP contribution in [0.1, 0.15) is 133 Å². The van der Waals surface area contributed by atoms with Crippen LogP contribution in [0.4, 0.5) is 10.1 Å². The molecule has 1 aliphatic carbocycles. The number of amides is 6. The molecule has 80 heavy (non-hydrogen) atoms. The van der Waals surface area contributed by atoms with Gasteiger partial charge in [0.25, 0.3) is 6.47 Å². The zero-order chi connectivity index (χ0) is 57.7. The Morgan fingerprint density at radius 2 is 1.38 bits per heavy atom. The summed E-state index contributed by atoms with van der Waals surface area (Å²) >= 11 is 0. The number of ketones is 1. The fraction of sp³-hybridized carbons (Fsp3) is 0.518. The molecule has 0 spiro atoms. The maximum atomic E-state index is 14.1. The van der Waals surface area contributed by atoms with Gasteiger partial charge in [-0.2, -0.15) is 10.2 Å². The smallest absolute Gasteiger partial charge is 0.293 e. The number of pyridine rings is 2. The average molecular weight is 1110 g/mol. The summed E-state index contributed by atoms with van der Waals surface area (Å²) < 4.78 is 15.5. The lowest BCUT2D eigenvalue weighted by atomic mass is 9.74. The van der Waals surface area contributed by atoms with E-state index in [0.29, 0.717) is 36.2 Å². The molecule has 23 nitrogen and oxygen atoms in total. The van der Waals surface area contributed by atoms with Crippen LogP contribution < -0.4 is 43.4 Å². The number of fused-ring (bicyclic) bond motifs is 1. The molecular weight excluding hydrogens is 1030 g/mol. The highest BCUT2D eigenvalue weighted by atomic mass is 19.1. The molecule has 2 aliphatic heterocycles. The molecule has 3 aliphatic rings. The second-order valence-corrected chi connectivity index (χ2v) is 19.8. The molecule has 3 aromatic rings. The Morgan fingerprint density at radius 3 is 2.00 bits per heavy atom. The van der Waals surface area contributed by atoms with E-state index in [1.54, 1.807) is 37.5 Å². The molecule has 2 aromatic heterocycles. The number of aliphatic imine (C=N–C) groups is 1. The first kappa shape index (κ1) is 62.7. The first-order valence-electron chi connectivity index (χ1n) is 27.5. The van der Waals surface area contributed by atoms with Crippen LogP contribution in [0.5, 0.6) is 5.75 Å². The van der Waals surface area contributed by atoms with Gasteiger partial charge in [0.2, 0.25) is 35.4 Å². The minimum Gasteiger partial charge on any atom is -0.508 e. The van der Waals surface area contributed by atoms with Gasteiger partial charge in [-0.25, -0.2) is 0 Å². The molecule has 0 radical (unpaired) electrons. The number of nitrogens with one attached hydrogen (secondary N) is 6. The van der Waals surface area contributed by atoms with Crippen molar-refractivity contribution in [1.82, 2.24) is 36.6 Å². The third kappa shape index (κ3) is 21.2. The lowest BCUT2D eigenvalue weighted by Crippen LogP contribution is -2.58. The number of phenolic OH excluding ortho intramolecular Hbond substituents is 1. The Balaban J connectivity index is 0.00000284. The number of carbonyl (C=O) groups is 8. The van der Waals surface area contributed by atoms with Crippen molar-refractivity contribution in [1.29, 1.82) is 0 Å².